The van der Waals surface area contributed by atoms with E-state index in [1.54, 1.807) is 17.9 Å². The number of carbonyl (C=O) groups excluding carboxylic acids is 2. The van der Waals surface area contributed by atoms with Gasteiger partial charge in [0.15, 0.2) is 5.78 Å². The van der Waals surface area contributed by atoms with Crippen LogP contribution in [0.3, 0.4) is 0 Å². The third kappa shape index (κ3) is 1.77. The van der Waals surface area contributed by atoms with Crippen LogP contribution < -0.4 is 4.90 Å². The van der Waals surface area contributed by atoms with Gasteiger partial charge in [-0.15, -0.1) is 0 Å². The zero-order chi connectivity index (χ0) is 10.8. The van der Waals surface area contributed by atoms with E-state index in [2.05, 4.69) is 0 Å². The van der Waals surface area contributed by atoms with Gasteiger partial charge in [0.05, 0.1) is 0 Å². The van der Waals surface area contributed by atoms with E-state index in [0.717, 1.165) is 42.6 Å². The fourth-order valence-electron chi connectivity index (χ4n) is 1.95. The molecule has 3 heteroatoms. The van der Waals surface area contributed by atoms with Crippen molar-refractivity contribution in [2.24, 2.45) is 0 Å². The van der Waals surface area contributed by atoms with Crippen LogP contribution in [0, 0.1) is 0 Å². The van der Waals surface area contributed by atoms with Crippen LogP contribution in [0.5, 0.6) is 0 Å². The Morgan fingerprint density at radius 3 is 2.93 bits per heavy atom. The average Bonchev–Trinajstić information content (AvgIpc) is 2.27. The van der Waals surface area contributed by atoms with E-state index in [0.29, 0.717) is 0 Å². The molecular formula is C12H13NO2. The highest BCUT2D eigenvalue weighted by Gasteiger charge is 2.16. The number of rotatable bonds is 2. The molecule has 0 bridgehead atoms. The van der Waals surface area contributed by atoms with Crippen LogP contribution in [0.4, 0.5) is 5.69 Å². The largest absolute Gasteiger partial charge is 0.315 e. The zero-order valence-corrected chi connectivity index (χ0v) is 8.69. The van der Waals surface area contributed by atoms with Crippen LogP contribution in [0.15, 0.2) is 18.2 Å². The first-order valence-electron chi connectivity index (χ1n) is 5.08. The summed E-state index contributed by atoms with van der Waals surface area (Å²) < 4.78 is 0. The van der Waals surface area contributed by atoms with E-state index in [4.69, 9.17) is 0 Å². The molecule has 78 valence electrons. The molecule has 0 radical (unpaired) electrons. The Balaban J connectivity index is 2.44. The molecule has 0 saturated carbocycles. The van der Waals surface area contributed by atoms with Crippen molar-refractivity contribution in [1.82, 2.24) is 0 Å². The standard InChI is InChI=1S/C12H13NO2/c1-9(15)10-4-5-12-11(7-10)3-2-6-13(12)8-14/h4-5,7-8H,2-3,6H2,1H3. The van der Waals surface area contributed by atoms with Gasteiger partial charge in [0.1, 0.15) is 0 Å². The Kier molecular flexibility index (Phi) is 2.54. The number of nitrogens with zero attached hydrogens (tertiary/aromatic N) is 1. The molecule has 1 amide bonds. The normalized spacial score (nSPS) is 14.6. The number of ketones is 1. The van der Waals surface area contributed by atoms with E-state index in [-0.39, 0.29) is 5.78 Å². The summed E-state index contributed by atoms with van der Waals surface area (Å²) in [4.78, 5) is 23.7. The Morgan fingerprint density at radius 2 is 2.27 bits per heavy atom. The Hall–Kier alpha value is -1.64. The minimum atomic E-state index is 0.0704. The maximum Gasteiger partial charge on any atom is 0.214 e. The molecule has 3 nitrogen and oxygen atoms in total. The summed E-state index contributed by atoms with van der Waals surface area (Å²) in [7, 11) is 0. The fourth-order valence-corrected chi connectivity index (χ4v) is 1.95. The van der Waals surface area contributed by atoms with Gasteiger partial charge in [0, 0.05) is 17.8 Å². The molecule has 15 heavy (non-hydrogen) atoms. The zero-order valence-electron chi connectivity index (χ0n) is 8.69. The smallest absolute Gasteiger partial charge is 0.214 e. The van der Waals surface area contributed by atoms with Crippen LogP contribution >= 0.6 is 0 Å². The third-order valence-corrected chi connectivity index (χ3v) is 2.77. The Bertz CT molecular complexity index is 412. The number of Topliss-reactive ketones (excluding diaryl/α,β-unsaturated/α-hetero) is 1. The van der Waals surface area contributed by atoms with E-state index < -0.39 is 0 Å². The molecule has 0 N–H and O–H groups in total. The third-order valence-electron chi connectivity index (χ3n) is 2.77. The van der Waals surface area contributed by atoms with Crippen LogP contribution in [-0.2, 0) is 11.2 Å². The number of amides is 1. The van der Waals surface area contributed by atoms with Crippen LogP contribution in [-0.4, -0.2) is 18.7 Å². The van der Waals surface area contributed by atoms with Crippen LogP contribution in [0.1, 0.15) is 29.3 Å². The van der Waals surface area contributed by atoms with Crippen molar-refractivity contribution in [2.75, 3.05) is 11.4 Å². The SMILES string of the molecule is CC(=O)c1ccc2c(c1)CCCN2C=O. The second-order valence-corrected chi connectivity index (χ2v) is 3.80. The van der Waals surface area contributed by atoms with Crippen molar-refractivity contribution >= 4 is 17.9 Å². The quantitative estimate of drug-likeness (QED) is 0.543. The van der Waals surface area contributed by atoms with Crippen LogP contribution in [0.2, 0.25) is 0 Å². The first-order valence-corrected chi connectivity index (χ1v) is 5.08. The summed E-state index contributed by atoms with van der Waals surface area (Å²) in [5, 5.41) is 0. The topological polar surface area (TPSA) is 37.4 Å². The minimum Gasteiger partial charge on any atom is -0.315 e. The highest BCUT2D eigenvalue weighted by Crippen LogP contribution is 2.26. The molecule has 1 aromatic rings. The molecule has 1 aliphatic rings. The highest BCUT2D eigenvalue weighted by molar-refractivity contribution is 5.95. The molecule has 0 aliphatic carbocycles. The van der Waals surface area contributed by atoms with Crippen molar-refractivity contribution in [1.29, 1.82) is 0 Å². The lowest BCUT2D eigenvalue weighted by atomic mass is 9.98. The first-order chi connectivity index (χ1) is 7.22. The maximum atomic E-state index is 11.2. The molecule has 0 saturated heterocycles. The van der Waals surface area contributed by atoms with E-state index >= 15 is 0 Å². The van der Waals surface area contributed by atoms with Crippen molar-refractivity contribution in [3.63, 3.8) is 0 Å². The Morgan fingerprint density at radius 1 is 1.47 bits per heavy atom. The van der Waals surface area contributed by atoms with E-state index in [1.807, 2.05) is 12.1 Å². The number of benzene rings is 1. The number of aryl methyl sites for hydroxylation is 1. The second-order valence-electron chi connectivity index (χ2n) is 3.80. The van der Waals surface area contributed by atoms with Crippen molar-refractivity contribution in [2.45, 2.75) is 19.8 Å². The summed E-state index contributed by atoms with van der Waals surface area (Å²) in [6.07, 6.45) is 2.76. The van der Waals surface area contributed by atoms with E-state index in [1.165, 1.54) is 0 Å². The molecule has 1 heterocycles. The molecule has 0 spiro atoms. The predicted octanol–water partition coefficient (Wildman–Crippen LogP) is 1.80. The van der Waals surface area contributed by atoms with Gasteiger partial charge in [-0.3, -0.25) is 9.59 Å². The number of fused-ring (bicyclic) bond motifs is 1. The van der Waals surface area contributed by atoms with E-state index in [9.17, 15) is 9.59 Å². The number of carbonyl (C=O) groups is 2. The summed E-state index contributed by atoms with van der Waals surface area (Å²) in [5.41, 5.74) is 2.77. The lowest BCUT2D eigenvalue weighted by Gasteiger charge is -2.26. The first kappa shape index (κ1) is 9.90. The molecule has 0 fully saturated rings. The molecule has 1 aliphatic heterocycles. The number of hydrogen-bond donors (Lipinski definition) is 0. The van der Waals surface area contributed by atoms with Gasteiger partial charge < -0.3 is 4.90 Å². The van der Waals surface area contributed by atoms with Gasteiger partial charge in [-0.05, 0) is 43.5 Å². The summed E-state index contributed by atoms with van der Waals surface area (Å²) in [6.45, 7) is 2.33. The highest BCUT2D eigenvalue weighted by atomic mass is 16.1. The molecule has 0 unspecified atom stereocenters. The minimum absolute atomic E-state index is 0.0704. The van der Waals surface area contributed by atoms with Crippen molar-refractivity contribution < 1.29 is 9.59 Å². The summed E-state index contributed by atoms with van der Waals surface area (Å²) in [5.74, 6) is 0.0704. The molecule has 1 aromatic carbocycles. The second kappa shape index (κ2) is 3.85. The van der Waals surface area contributed by atoms with Gasteiger partial charge in [-0.25, -0.2) is 0 Å². The van der Waals surface area contributed by atoms with Gasteiger partial charge in [-0.1, -0.05) is 0 Å². The van der Waals surface area contributed by atoms with Gasteiger partial charge in [-0.2, -0.15) is 0 Å². The van der Waals surface area contributed by atoms with Crippen LogP contribution in [0.25, 0.3) is 0 Å². The number of anilines is 1. The Labute approximate surface area is 88.7 Å². The van der Waals surface area contributed by atoms with Crippen molar-refractivity contribution in [3.8, 4) is 0 Å². The average molecular weight is 203 g/mol. The van der Waals surface area contributed by atoms with Gasteiger partial charge in [0.25, 0.3) is 0 Å². The molecule has 0 atom stereocenters. The summed E-state index contributed by atoms with van der Waals surface area (Å²) in [6, 6.07) is 5.54. The molecule has 0 aromatic heterocycles. The summed E-state index contributed by atoms with van der Waals surface area (Å²) >= 11 is 0. The molecule has 2 rings (SSSR count). The lowest BCUT2D eigenvalue weighted by molar-refractivity contribution is -0.107. The van der Waals surface area contributed by atoms with Gasteiger partial charge >= 0.3 is 0 Å². The van der Waals surface area contributed by atoms with Crippen molar-refractivity contribution in [3.05, 3.63) is 29.3 Å². The maximum absolute atomic E-state index is 11.2. The fraction of sp³-hybridized carbons (Fsp3) is 0.333. The predicted molar refractivity (Wildman–Crippen MR) is 58.2 cm³/mol. The monoisotopic (exact) mass is 203 g/mol. The molecular weight excluding hydrogens is 190 g/mol. The lowest BCUT2D eigenvalue weighted by Crippen LogP contribution is -2.27. The van der Waals surface area contributed by atoms with Gasteiger partial charge in [0.2, 0.25) is 6.41 Å². The number of hydrogen-bond acceptors (Lipinski definition) is 2.